The molecule has 0 aromatic heterocycles. The maximum absolute atomic E-state index is 9.54. The Bertz CT molecular complexity index is 697. The van der Waals surface area contributed by atoms with Crippen molar-refractivity contribution in [3.63, 3.8) is 0 Å². The van der Waals surface area contributed by atoms with Crippen LogP contribution in [0.1, 0.15) is 5.56 Å². The van der Waals surface area contributed by atoms with Crippen molar-refractivity contribution in [3.8, 4) is 5.75 Å². The summed E-state index contributed by atoms with van der Waals surface area (Å²) in [5.74, 6) is 0.238. The van der Waals surface area contributed by atoms with Gasteiger partial charge in [-0.05, 0) is 42.5 Å². The van der Waals surface area contributed by atoms with Crippen molar-refractivity contribution >= 4 is 39.4 Å². The molecule has 1 heterocycles. The number of anilines is 1. The zero-order valence-electron chi connectivity index (χ0n) is 12.5. The lowest BCUT2D eigenvalue weighted by Crippen LogP contribution is -2.44. The van der Waals surface area contributed by atoms with Crippen LogP contribution in [0.5, 0.6) is 5.75 Å². The van der Waals surface area contributed by atoms with Crippen LogP contribution >= 0.6 is 27.5 Å². The van der Waals surface area contributed by atoms with E-state index in [2.05, 4.69) is 25.9 Å². The molecule has 4 nitrogen and oxygen atoms in total. The SMILES string of the molecule is Oc1ccc(Br)c(C=NN2CCN(c3ccc(Cl)cc3)CC2)c1. The Kier molecular flexibility index (Phi) is 5.08. The van der Waals surface area contributed by atoms with Crippen molar-refractivity contribution < 1.29 is 5.11 Å². The van der Waals surface area contributed by atoms with Gasteiger partial charge in [0.1, 0.15) is 5.75 Å². The molecule has 6 heteroatoms. The lowest BCUT2D eigenvalue weighted by atomic mass is 10.2. The molecule has 23 heavy (non-hydrogen) atoms. The van der Waals surface area contributed by atoms with E-state index in [4.69, 9.17) is 11.6 Å². The summed E-state index contributed by atoms with van der Waals surface area (Å²) >= 11 is 9.39. The minimum absolute atomic E-state index is 0.238. The number of nitrogens with zero attached hydrogens (tertiary/aromatic N) is 3. The first-order valence-electron chi connectivity index (χ1n) is 7.40. The van der Waals surface area contributed by atoms with E-state index in [0.29, 0.717) is 0 Å². The highest BCUT2D eigenvalue weighted by Gasteiger charge is 2.15. The first kappa shape index (κ1) is 16.1. The molecule has 0 atom stereocenters. The molecule has 1 aliphatic heterocycles. The van der Waals surface area contributed by atoms with Crippen molar-refractivity contribution in [2.75, 3.05) is 31.1 Å². The third-order valence-corrected chi connectivity index (χ3v) is 4.76. The van der Waals surface area contributed by atoms with Crippen LogP contribution in [0.15, 0.2) is 52.0 Å². The normalized spacial score (nSPS) is 15.4. The second kappa shape index (κ2) is 7.23. The number of benzene rings is 2. The minimum Gasteiger partial charge on any atom is -0.508 e. The summed E-state index contributed by atoms with van der Waals surface area (Å²) in [6.45, 7) is 3.55. The van der Waals surface area contributed by atoms with E-state index in [0.717, 1.165) is 41.2 Å². The van der Waals surface area contributed by atoms with Gasteiger partial charge in [-0.25, -0.2) is 0 Å². The second-order valence-corrected chi connectivity index (χ2v) is 6.66. The monoisotopic (exact) mass is 393 g/mol. The van der Waals surface area contributed by atoms with Gasteiger partial charge in [-0.15, -0.1) is 0 Å². The van der Waals surface area contributed by atoms with Crippen LogP contribution in [0, 0.1) is 0 Å². The number of hydrogen-bond donors (Lipinski definition) is 1. The van der Waals surface area contributed by atoms with Crippen molar-refractivity contribution in [2.24, 2.45) is 5.10 Å². The Hall–Kier alpha value is -1.72. The summed E-state index contributed by atoms with van der Waals surface area (Å²) in [4.78, 5) is 2.33. The fourth-order valence-electron chi connectivity index (χ4n) is 2.50. The minimum atomic E-state index is 0.238. The zero-order valence-corrected chi connectivity index (χ0v) is 14.8. The average molecular weight is 395 g/mol. The molecule has 3 rings (SSSR count). The Morgan fingerprint density at radius 1 is 1.04 bits per heavy atom. The zero-order chi connectivity index (χ0) is 16.2. The van der Waals surface area contributed by atoms with E-state index in [-0.39, 0.29) is 5.75 Å². The summed E-state index contributed by atoms with van der Waals surface area (Å²) < 4.78 is 0.916. The number of rotatable bonds is 3. The molecule has 0 amide bonds. The van der Waals surface area contributed by atoms with Gasteiger partial charge < -0.3 is 10.0 Å². The van der Waals surface area contributed by atoms with Gasteiger partial charge in [-0.2, -0.15) is 5.10 Å². The molecule has 1 saturated heterocycles. The summed E-state index contributed by atoms with van der Waals surface area (Å²) in [5.41, 5.74) is 2.05. The summed E-state index contributed by atoms with van der Waals surface area (Å²) in [6, 6.07) is 13.1. The van der Waals surface area contributed by atoms with Crippen LogP contribution in [-0.4, -0.2) is 42.5 Å². The maximum atomic E-state index is 9.54. The molecular weight excluding hydrogens is 378 g/mol. The Balaban J connectivity index is 1.59. The number of halogens is 2. The highest BCUT2D eigenvalue weighted by molar-refractivity contribution is 9.10. The smallest absolute Gasteiger partial charge is 0.116 e. The van der Waals surface area contributed by atoms with Gasteiger partial charge in [0.2, 0.25) is 0 Å². The van der Waals surface area contributed by atoms with E-state index in [9.17, 15) is 5.11 Å². The predicted molar refractivity (Wildman–Crippen MR) is 98.6 cm³/mol. The molecular formula is C17H17BrClN3O. The molecule has 0 unspecified atom stereocenters. The topological polar surface area (TPSA) is 39.1 Å². The largest absolute Gasteiger partial charge is 0.508 e. The fourth-order valence-corrected chi connectivity index (χ4v) is 2.97. The van der Waals surface area contributed by atoms with Gasteiger partial charge in [-0.1, -0.05) is 27.5 Å². The molecule has 0 aliphatic carbocycles. The number of aromatic hydroxyl groups is 1. The van der Waals surface area contributed by atoms with Crippen LogP contribution in [0.2, 0.25) is 5.02 Å². The molecule has 2 aromatic carbocycles. The summed E-state index contributed by atoms with van der Waals surface area (Å²) in [5, 5.41) is 16.9. The third kappa shape index (κ3) is 4.18. The van der Waals surface area contributed by atoms with Gasteiger partial charge in [0.25, 0.3) is 0 Å². The first-order valence-corrected chi connectivity index (χ1v) is 8.57. The van der Waals surface area contributed by atoms with Crippen molar-refractivity contribution in [1.82, 2.24) is 5.01 Å². The van der Waals surface area contributed by atoms with Crippen LogP contribution in [0.4, 0.5) is 5.69 Å². The molecule has 120 valence electrons. The average Bonchev–Trinajstić information content (AvgIpc) is 2.57. The summed E-state index contributed by atoms with van der Waals surface area (Å²) in [7, 11) is 0. The molecule has 0 saturated carbocycles. The Morgan fingerprint density at radius 3 is 2.43 bits per heavy atom. The van der Waals surface area contributed by atoms with E-state index >= 15 is 0 Å². The Morgan fingerprint density at radius 2 is 1.74 bits per heavy atom. The Labute approximate surface area is 149 Å². The molecule has 0 radical (unpaired) electrons. The second-order valence-electron chi connectivity index (χ2n) is 5.37. The van der Waals surface area contributed by atoms with E-state index in [1.807, 2.05) is 35.3 Å². The van der Waals surface area contributed by atoms with Gasteiger partial charge in [0, 0.05) is 33.8 Å². The van der Waals surface area contributed by atoms with Gasteiger partial charge in [0.05, 0.1) is 19.3 Å². The van der Waals surface area contributed by atoms with Crippen molar-refractivity contribution in [3.05, 3.63) is 57.5 Å². The molecule has 1 aliphatic rings. The molecule has 1 fully saturated rings. The van der Waals surface area contributed by atoms with Gasteiger partial charge in [0.15, 0.2) is 0 Å². The number of hydrazone groups is 1. The van der Waals surface area contributed by atoms with E-state index < -0.39 is 0 Å². The summed E-state index contributed by atoms with van der Waals surface area (Å²) in [6.07, 6.45) is 1.78. The number of piperazine rings is 1. The number of phenols is 1. The van der Waals surface area contributed by atoms with Crippen LogP contribution in [0.3, 0.4) is 0 Å². The van der Waals surface area contributed by atoms with Crippen LogP contribution in [0.25, 0.3) is 0 Å². The lowest BCUT2D eigenvalue weighted by Gasteiger charge is -2.34. The molecule has 0 spiro atoms. The lowest BCUT2D eigenvalue weighted by molar-refractivity contribution is 0.272. The highest BCUT2D eigenvalue weighted by atomic mass is 79.9. The van der Waals surface area contributed by atoms with Gasteiger partial charge in [-0.3, -0.25) is 5.01 Å². The van der Waals surface area contributed by atoms with Crippen molar-refractivity contribution in [1.29, 1.82) is 0 Å². The molecule has 1 N–H and O–H groups in total. The van der Waals surface area contributed by atoms with Crippen molar-refractivity contribution in [2.45, 2.75) is 0 Å². The van der Waals surface area contributed by atoms with Crippen LogP contribution in [-0.2, 0) is 0 Å². The first-order chi connectivity index (χ1) is 11.1. The standard InChI is InChI=1S/C17H17BrClN3O/c18-17-6-5-16(23)11-13(17)12-20-22-9-7-21(8-10-22)15-3-1-14(19)2-4-15/h1-6,11-12,23H,7-10H2. The number of hydrogen-bond acceptors (Lipinski definition) is 4. The third-order valence-electron chi connectivity index (χ3n) is 3.79. The quantitative estimate of drug-likeness (QED) is 0.801. The van der Waals surface area contributed by atoms with Gasteiger partial charge >= 0.3 is 0 Å². The maximum Gasteiger partial charge on any atom is 0.116 e. The number of phenolic OH excluding ortho intramolecular Hbond substituents is 1. The molecule has 0 bridgehead atoms. The van der Waals surface area contributed by atoms with E-state index in [1.165, 1.54) is 5.69 Å². The highest BCUT2D eigenvalue weighted by Crippen LogP contribution is 2.21. The fraction of sp³-hybridized carbons (Fsp3) is 0.235. The molecule has 2 aromatic rings. The van der Waals surface area contributed by atoms with E-state index in [1.54, 1.807) is 18.3 Å². The predicted octanol–water partition coefficient (Wildman–Crippen LogP) is 3.96. The van der Waals surface area contributed by atoms with Crippen LogP contribution < -0.4 is 4.90 Å².